The molecule has 2 amide bonds. The van der Waals surface area contributed by atoms with Gasteiger partial charge >= 0.3 is 0 Å². The summed E-state index contributed by atoms with van der Waals surface area (Å²) in [6, 6.07) is 7.18. The van der Waals surface area contributed by atoms with E-state index in [0.29, 0.717) is 43.8 Å². The highest BCUT2D eigenvalue weighted by Crippen LogP contribution is 2.32. The number of hydrogen-bond donors (Lipinski definition) is 1. The zero-order valence-corrected chi connectivity index (χ0v) is 13.7. The highest BCUT2D eigenvalue weighted by Gasteiger charge is 2.44. The van der Waals surface area contributed by atoms with Gasteiger partial charge in [0.1, 0.15) is 18.4 Å². The van der Waals surface area contributed by atoms with E-state index >= 15 is 0 Å². The van der Waals surface area contributed by atoms with E-state index in [4.69, 9.17) is 4.74 Å². The van der Waals surface area contributed by atoms with Crippen LogP contribution < -0.4 is 10.1 Å². The molecule has 0 bridgehead atoms. The number of rotatable bonds is 3. The lowest BCUT2D eigenvalue weighted by molar-refractivity contribution is -0.138. The molecule has 0 radical (unpaired) electrons. The molecule has 3 heterocycles. The van der Waals surface area contributed by atoms with Gasteiger partial charge in [-0.2, -0.15) is 5.10 Å². The third-order valence-electron chi connectivity index (χ3n) is 4.61. The lowest BCUT2D eigenvalue weighted by Gasteiger charge is -2.45. The summed E-state index contributed by atoms with van der Waals surface area (Å²) in [5, 5.41) is 6.96. The summed E-state index contributed by atoms with van der Waals surface area (Å²) < 4.78 is 7.74. The van der Waals surface area contributed by atoms with E-state index in [9.17, 15) is 9.59 Å². The van der Waals surface area contributed by atoms with Gasteiger partial charge in [0, 0.05) is 19.4 Å². The summed E-state index contributed by atoms with van der Waals surface area (Å²) in [7, 11) is 0. The van der Waals surface area contributed by atoms with Gasteiger partial charge in [-0.3, -0.25) is 14.3 Å². The van der Waals surface area contributed by atoms with Crippen LogP contribution in [0.25, 0.3) is 0 Å². The molecule has 0 unspecified atom stereocenters. The molecule has 1 spiro atoms. The van der Waals surface area contributed by atoms with Crippen molar-refractivity contribution in [2.24, 2.45) is 0 Å². The molecule has 25 heavy (non-hydrogen) atoms. The van der Waals surface area contributed by atoms with Crippen LogP contribution in [0.4, 0.5) is 0 Å². The first-order valence-electron chi connectivity index (χ1n) is 8.36. The molecule has 1 atom stereocenters. The van der Waals surface area contributed by atoms with Crippen molar-refractivity contribution in [1.29, 1.82) is 0 Å². The number of amides is 2. The van der Waals surface area contributed by atoms with Gasteiger partial charge in [0.25, 0.3) is 5.91 Å². The van der Waals surface area contributed by atoms with Crippen molar-refractivity contribution >= 4 is 11.8 Å². The largest absolute Gasteiger partial charge is 0.465 e. The van der Waals surface area contributed by atoms with Crippen LogP contribution in [0.1, 0.15) is 29.6 Å². The number of fused-ring (bicyclic) bond motifs is 1. The van der Waals surface area contributed by atoms with Crippen molar-refractivity contribution in [2.75, 3.05) is 13.1 Å². The molecule has 0 aliphatic carbocycles. The Morgan fingerprint density at radius 1 is 1.36 bits per heavy atom. The van der Waals surface area contributed by atoms with E-state index in [1.165, 1.54) is 6.33 Å². The van der Waals surface area contributed by atoms with Gasteiger partial charge in [0.05, 0.1) is 18.7 Å². The van der Waals surface area contributed by atoms with Gasteiger partial charge < -0.3 is 15.0 Å². The van der Waals surface area contributed by atoms with Crippen molar-refractivity contribution in [3.8, 4) is 5.75 Å². The number of benzene rings is 1. The number of ether oxygens (including phenoxy) is 1. The van der Waals surface area contributed by atoms with Gasteiger partial charge in [0.2, 0.25) is 11.6 Å². The van der Waals surface area contributed by atoms with Crippen LogP contribution in [0.2, 0.25) is 0 Å². The maximum absolute atomic E-state index is 12.5. The van der Waals surface area contributed by atoms with Crippen molar-refractivity contribution in [3.05, 3.63) is 42.5 Å². The van der Waals surface area contributed by atoms with Crippen molar-refractivity contribution in [2.45, 2.75) is 31.5 Å². The summed E-state index contributed by atoms with van der Waals surface area (Å²) in [5.74, 6) is 0.438. The molecular weight excluding hydrogens is 322 g/mol. The number of aryl methyl sites for hydroxylation is 1. The number of para-hydroxylation sites is 1. The highest BCUT2D eigenvalue weighted by atomic mass is 16.5. The first-order valence-corrected chi connectivity index (χ1v) is 8.36. The van der Waals surface area contributed by atoms with Crippen LogP contribution in [0.15, 0.2) is 36.9 Å². The van der Waals surface area contributed by atoms with Gasteiger partial charge in [-0.05, 0) is 18.6 Å². The fraction of sp³-hybridized carbons (Fsp3) is 0.412. The molecule has 8 nitrogen and oxygen atoms in total. The Labute approximate surface area is 144 Å². The smallest absolute Gasteiger partial charge is 0.258 e. The summed E-state index contributed by atoms with van der Waals surface area (Å²) >= 11 is 0. The molecule has 1 N–H and O–H groups in total. The molecule has 1 fully saturated rings. The molecular formula is C17H19N5O3. The summed E-state index contributed by atoms with van der Waals surface area (Å²) in [6.07, 6.45) is 4.83. The minimum Gasteiger partial charge on any atom is -0.465 e. The van der Waals surface area contributed by atoms with E-state index in [1.54, 1.807) is 34.1 Å². The van der Waals surface area contributed by atoms with E-state index in [2.05, 4.69) is 15.4 Å². The van der Waals surface area contributed by atoms with Gasteiger partial charge in [0.15, 0.2) is 0 Å². The number of carbonyl (C=O) groups excluding carboxylic acids is 2. The molecule has 1 aromatic heterocycles. The van der Waals surface area contributed by atoms with Gasteiger partial charge in [-0.25, -0.2) is 4.98 Å². The molecule has 0 saturated carbocycles. The number of likely N-dealkylation sites (tertiary alicyclic amines) is 1. The zero-order valence-electron chi connectivity index (χ0n) is 13.7. The van der Waals surface area contributed by atoms with Crippen molar-refractivity contribution in [3.63, 3.8) is 0 Å². The summed E-state index contributed by atoms with van der Waals surface area (Å²) in [4.78, 5) is 30.6. The number of carbonyl (C=O) groups is 2. The zero-order chi connectivity index (χ0) is 17.3. The van der Waals surface area contributed by atoms with E-state index < -0.39 is 5.72 Å². The lowest BCUT2D eigenvalue weighted by atomic mass is 9.97. The second kappa shape index (κ2) is 6.19. The average molecular weight is 341 g/mol. The molecule has 4 rings (SSSR count). The van der Waals surface area contributed by atoms with Crippen LogP contribution >= 0.6 is 0 Å². The predicted molar refractivity (Wildman–Crippen MR) is 87.7 cm³/mol. The molecule has 2 aliphatic rings. The highest BCUT2D eigenvalue weighted by molar-refractivity contribution is 5.98. The maximum atomic E-state index is 12.5. The lowest BCUT2D eigenvalue weighted by Crippen LogP contribution is -2.64. The Morgan fingerprint density at radius 2 is 2.24 bits per heavy atom. The topological polar surface area (TPSA) is 89.4 Å². The maximum Gasteiger partial charge on any atom is 0.258 e. The van der Waals surface area contributed by atoms with Crippen LogP contribution in [0.3, 0.4) is 0 Å². The van der Waals surface area contributed by atoms with Crippen molar-refractivity contribution < 1.29 is 14.3 Å². The Bertz CT molecular complexity index is 791. The third kappa shape index (κ3) is 3.07. The summed E-state index contributed by atoms with van der Waals surface area (Å²) in [5.41, 5.74) is -0.310. The Morgan fingerprint density at radius 3 is 3.08 bits per heavy atom. The second-order valence-electron chi connectivity index (χ2n) is 6.37. The Hall–Kier alpha value is -2.90. The molecule has 8 heteroatoms. The number of nitrogens with zero attached hydrogens (tertiary/aromatic N) is 4. The van der Waals surface area contributed by atoms with Gasteiger partial charge in [-0.15, -0.1) is 0 Å². The standard InChI is InChI=1S/C17H19N5O3/c23-15(6-9-22-12-18-11-19-22)21-8-3-7-17(10-21)20-16(24)13-4-1-2-5-14(13)25-17/h1-2,4-5,11-12H,3,6-10H2,(H,20,24)/t17-/m1/s1. The number of nitrogens with one attached hydrogen (secondary N) is 1. The van der Waals surface area contributed by atoms with Crippen LogP contribution in [0, 0.1) is 0 Å². The Kier molecular flexibility index (Phi) is 3.87. The SMILES string of the molecule is O=C1N[C@]2(CCCN(C(=O)CCn3cncn3)C2)Oc2ccccc21. The quantitative estimate of drug-likeness (QED) is 0.892. The molecule has 130 valence electrons. The first kappa shape index (κ1) is 15.6. The number of piperidine rings is 1. The molecule has 2 aromatic rings. The third-order valence-corrected chi connectivity index (χ3v) is 4.61. The van der Waals surface area contributed by atoms with Crippen LogP contribution in [-0.2, 0) is 11.3 Å². The number of aromatic nitrogens is 3. The fourth-order valence-corrected chi connectivity index (χ4v) is 3.39. The summed E-state index contributed by atoms with van der Waals surface area (Å²) in [6.45, 7) is 1.50. The van der Waals surface area contributed by atoms with Crippen LogP contribution in [0.5, 0.6) is 5.75 Å². The molecule has 1 saturated heterocycles. The van der Waals surface area contributed by atoms with Gasteiger partial charge in [-0.1, -0.05) is 12.1 Å². The number of hydrogen-bond acceptors (Lipinski definition) is 5. The monoisotopic (exact) mass is 341 g/mol. The van der Waals surface area contributed by atoms with E-state index in [1.807, 2.05) is 6.07 Å². The molecule has 1 aromatic carbocycles. The first-order chi connectivity index (χ1) is 12.2. The minimum atomic E-state index is -0.841. The van der Waals surface area contributed by atoms with E-state index in [0.717, 1.165) is 6.42 Å². The average Bonchev–Trinajstić information content (AvgIpc) is 3.13. The fourth-order valence-electron chi connectivity index (χ4n) is 3.39. The predicted octanol–water partition coefficient (Wildman–Crippen LogP) is 0.809. The van der Waals surface area contributed by atoms with E-state index in [-0.39, 0.29) is 11.8 Å². The van der Waals surface area contributed by atoms with Crippen LogP contribution in [-0.4, -0.2) is 50.3 Å². The minimum absolute atomic E-state index is 0.0197. The van der Waals surface area contributed by atoms with Crippen molar-refractivity contribution in [1.82, 2.24) is 25.0 Å². The molecule has 2 aliphatic heterocycles. The second-order valence-corrected chi connectivity index (χ2v) is 6.37. The normalized spacial score (nSPS) is 22.2. The Balaban J connectivity index is 1.46.